The molecule has 0 heterocycles. The van der Waals surface area contributed by atoms with Gasteiger partial charge in [-0.2, -0.15) is 0 Å². The Morgan fingerprint density at radius 3 is 1.28 bits per heavy atom. The minimum absolute atomic E-state index is 0.225. The molecule has 0 aliphatic heterocycles. The average Bonchev–Trinajstić information content (AvgIpc) is 2.30. The lowest BCUT2D eigenvalue weighted by molar-refractivity contribution is 0.0916. The largest absolute Gasteiger partial charge is 0.283 e. The minimum atomic E-state index is 0.225. The predicted octanol–water partition coefficient (Wildman–Crippen LogP) is 3.81. The van der Waals surface area contributed by atoms with Gasteiger partial charge in [0.2, 0.25) is 0 Å². The van der Waals surface area contributed by atoms with Crippen molar-refractivity contribution in [3.8, 4) is 0 Å². The van der Waals surface area contributed by atoms with Crippen molar-refractivity contribution in [3.05, 3.63) is 0 Å². The van der Waals surface area contributed by atoms with Crippen molar-refractivity contribution in [2.24, 2.45) is 0 Å². The summed E-state index contributed by atoms with van der Waals surface area (Å²) in [7, 11) is 0. The molecule has 0 aliphatic rings. The van der Waals surface area contributed by atoms with Gasteiger partial charge in [0.1, 0.15) is 6.17 Å². The zero-order chi connectivity index (χ0) is 14.0. The molecule has 0 spiro atoms. The van der Waals surface area contributed by atoms with Gasteiger partial charge in [0.15, 0.2) is 0 Å². The Morgan fingerprint density at radius 1 is 0.833 bits per heavy atom. The summed E-state index contributed by atoms with van der Waals surface area (Å²) >= 11 is 9.90. The first-order valence-corrected chi connectivity index (χ1v) is 8.18. The van der Waals surface area contributed by atoms with Crippen LogP contribution in [0.15, 0.2) is 0 Å². The van der Waals surface area contributed by atoms with E-state index in [1.165, 1.54) is 25.7 Å². The minimum Gasteiger partial charge on any atom is -0.283 e. The molecule has 108 valence electrons. The van der Waals surface area contributed by atoms with Crippen molar-refractivity contribution in [3.63, 3.8) is 0 Å². The summed E-state index contributed by atoms with van der Waals surface area (Å²) in [6, 6.07) is 0. The summed E-state index contributed by atoms with van der Waals surface area (Å²) in [4.78, 5) is 4.97. The maximum atomic E-state index is 5.41. The Balaban J connectivity index is 4.88. The molecule has 0 amide bonds. The van der Waals surface area contributed by atoms with Gasteiger partial charge in [-0.3, -0.25) is 9.80 Å². The summed E-state index contributed by atoms with van der Waals surface area (Å²) < 4.78 is 0.818. The molecule has 2 nitrogen and oxygen atoms in total. The molecule has 0 saturated heterocycles. The molecule has 4 heteroatoms. The smallest absolute Gasteiger partial charge is 0.105 e. The molecule has 0 N–H and O–H groups in total. The number of hydrogen-bond acceptors (Lipinski definition) is 3. The highest BCUT2D eigenvalue weighted by molar-refractivity contribution is 8.11. The first kappa shape index (κ1) is 18.4. The molecule has 0 aromatic rings. The highest BCUT2D eigenvalue weighted by atomic mass is 32.1. The second-order valence-electron chi connectivity index (χ2n) is 4.78. The van der Waals surface area contributed by atoms with Crippen LogP contribution in [-0.2, 0) is 0 Å². The van der Waals surface area contributed by atoms with Crippen LogP contribution in [0.4, 0.5) is 0 Å². The third kappa shape index (κ3) is 6.50. The van der Waals surface area contributed by atoms with Crippen LogP contribution in [0.1, 0.15) is 53.4 Å². The van der Waals surface area contributed by atoms with Crippen LogP contribution in [-0.4, -0.2) is 46.3 Å². The standard InChI is InChI=1S/C14H30N2S2/c1-5-9-15(10-6-2)13(14(17)18)16(11-7-3)12-8-4/h13H,5-12H2,1-4H3,(H,17,18). The van der Waals surface area contributed by atoms with Gasteiger partial charge in [-0.15, -0.1) is 12.6 Å². The third-order valence-electron chi connectivity index (χ3n) is 2.96. The van der Waals surface area contributed by atoms with Crippen molar-refractivity contribution in [2.45, 2.75) is 59.5 Å². The van der Waals surface area contributed by atoms with Crippen molar-refractivity contribution in [2.75, 3.05) is 26.2 Å². The molecule has 0 aromatic heterocycles. The SMILES string of the molecule is CCCN(CCC)C(C(=S)S)N(CCC)CCC. The molecule has 0 unspecified atom stereocenters. The van der Waals surface area contributed by atoms with Gasteiger partial charge in [-0.25, -0.2) is 0 Å². The van der Waals surface area contributed by atoms with E-state index in [4.69, 9.17) is 12.2 Å². The van der Waals surface area contributed by atoms with Gasteiger partial charge >= 0.3 is 0 Å². The number of thiocarbonyl (C=S) groups is 1. The number of rotatable bonds is 11. The van der Waals surface area contributed by atoms with E-state index in [0.717, 1.165) is 30.4 Å². The topological polar surface area (TPSA) is 6.48 Å². The zero-order valence-corrected chi connectivity index (χ0v) is 14.2. The molecule has 18 heavy (non-hydrogen) atoms. The van der Waals surface area contributed by atoms with Gasteiger partial charge in [-0.1, -0.05) is 39.9 Å². The molecular formula is C14H30N2S2. The summed E-state index contributed by atoms with van der Waals surface area (Å²) in [5.74, 6) is 0. The number of thiol groups is 1. The van der Waals surface area contributed by atoms with Crippen molar-refractivity contribution in [1.82, 2.24) is 9.80 Å². The van der Waals surface area contributed by atoms with Gasteiger partial charge in [-0.05, 0) is 51.9 Å². The van der Waals surface area contributed by atoms with E-state index in [2.05, 4.69) is 50.1 Å². The highest BCUT2D eigenvalue weighted by Gasteiger charge is 2.25. The fraction of sp³-hybridized carbons (Fsp3) is 0.929. The Labute approximate surface area is 125 Å². The van der Waals surface area contributed by atoms with Crippen LogP contribution in [0, 0.1) is 0 Å². The van der Waals surface area contributed by atoms with Crippen LogP contribution in [0.3, 0.4) is 0 Å². The first-order chi connectivity index (χ1) is 8.62. The Morgan fingerprint density at radius 2 is 1.11 bits per heavy atom. The second-order valence-corrected chi connectivity index (χ2v) is 6.01. The second kappa shape index (κ2) is 11.2. The lowest BCUT2D eigenvalue weighted by atomic mass is 10.2. The summed E-state index contributed by atoms with van der Waals surface area (Å²) in [5.41, 5.74) is 0. The van der Waals surface area contributed by atoms with E-state index in [0.29, 0.717) is 0 Å². The molecule has 0 rings (SSSR count). The molecule has 0 atom stereocenters. The first-order valence-electron chi connectivity index (χ1n) is 7.33. The fourth-order valence-corrected chi connectivity index (χ4v) is 3.03. The van der Waals surface area contributed by atoms with Crippen LogP contribution >= 0.6 is 24.8 Å². The van der Waals surface area contributed by atoms with E-state index < -0.39 is 0 Å². The van der Waals surface area contributed by atoms with E-state index in [-0.39, 0.29) is 6.17 Å². The van der Waals surface area contributed by atoms with Crippen LogP contribution < -0.4 is 0 Å². The Hall–Kier alpha value is 0.360. The highest BCUT2D eigenvalue weighted by Crippen LogP contribution is 2.14. The monoisotopic (exact) mass is 290 g/mol. The zero-order valence-electron chi connectivity index (χ0n) is 12.5. The third-order valence-corrected chi connectivity index (χ3v) is 3.40. The molecule has 0 aliphatic carbocycles. The quantitative estimate of drug-likeness (QED) is 0.351. The molecular weight excluding hydrogens is 260 g/mol. The summed E-state index contributed by atoms with van der Waals surface area (Å²) in [6.07, 6.45) is 4.89. The van der Waals surface area contributed by atoms with Crippen LogP contribution in [0.2, 0.25) is 0 Å². The fourth-order valence-electron chi connectivity index (χ4n) is 2.40. The Kier molecular flexibility index (Phi) is 11.4. The van der Waals surface area contributed by atoms with Crippen molar-refractivity contribution >= 4 is 29.0 Å². The van der Waals surface area contributed by atoms with E-state index >= 15 is 0 Å². The summed E-state index contributed by atoms with van der Waals surface area (Å²) in [6.45, 7) is 13.3. The lowest BCUT2D eigenvalue weighted by Gasteiger charge is -2.39. The predicted molar refractivity (Wildman–Crippen MR) is 89.7 cm³/mol. The summed E-state index contributed by atoms with van der Waals surface area (Å²) in [5, 5.41) is 0. The van der Waals surface area contributed by atoms with E-state index in [1.54, 1.807) is 0 Å². The maximum Gasteiger partial charge on any atom is 0.105 e. The molecule has 0 saturated carbocycles. The normalized spacial score (nSPS) is 11.8. The van der Waals surface area contributed by atoms with Crippen LogP contribution in [0.5, 0.6) is 0 Å². The maximum absolute atomic E-state index is 5.41. The number of nitrogens with zero attached hydrogens (tertiary/aromatic N) is 2. The molecule has 0 fully saturated rings. The average molecular weight is 291 g/mol. The van der Waals surface area contributed by atoms with Crippen molar-refractivity contribution < 1.29 is 0 Å². The van der Waals surface area contributed by atoms with Gasteiger partial charge in [0, 0.05) is 0 Å². The van der Waals surface area contributed by atoms with Gasteiger partial charge in [0.25, 0.3) is 0 Å². The molecule has 0 radical (unpaired) electrons. The van der Waals surface area contributed by atoms with E-state index in [9.17, 15) is 0 Å². The molecule has 0 aromatic carbocycles. The van der Waals surface area contributed by atoms with Gasteiger partial charge < -0.3 is 0 Å². The van der Waals surface area contributed by atoms with Crippen LogP contribution in [0.25, 0.3) is 0 Å². The number of hydrogen-bond donors (Lipinski definition) is 1. The molecule has 0 bridgehead atoms. The van der Waals surface area contributed by atoms with Crippen molar-refractivity contribution in [1.29, 1.82) is 0 Å². The lowest BCUT2D eigenvalue weighted by Crippen LogP contribution is -2.52. The Bertz CT molecular complexity index is 194. The van der Waals surface area contributed by atoms with E-state index in [1.807, 2.05) is 0 Å². The van der Waals surface area contributed by atoms with Gasteiger partial charge in [0.05, 0.1) is 4.20 Å².